The lowest BCUT2D eigenvalue weighted by atomic mass is 10.0. The van der Waals surface area contributed by atoms with Crippen molar-refractivity contribution in [1.29, 1.82) is 0 Å². The number of carbonyl (C=O) groups excluding carboxylic acids is 1. The average molecular weight is 324 g/mol. The first-order valence-corrected chi connectivity index (χ1v) is 7.99. The lowest BCUT2D eigenvalue weighted by Crippen LogP contribution is -2.03. The average Bonchev–Trinajstić information content (AvgIpc) is 3.09. The van der Waals surface area contributed by atoms with Crippen molar-refractivity contribution in [3.8, 4) is 0 Å². The van der Waals surface area contributed by atoms with E-state index in [4.69, 9.17) is 16.0 Å². The quantitative estimate of drug-likeness (QED) is 0.560. The largest absolute Gasteiger partial charge is 0.457 e. The predicted octanol–water partition coefficient (Wildman–Crippen LogP) is 4.71. The van der Waals surface area contributed by atoms with Gasteiger partial charge in [-0.05, 0) is 42.3 Å². The maximum atomic E-state index is 12.3. The van der Waals surface area contributed by atoms with Crippen LogP contribution in [-0.4, -0.2) is 11.8 Å². The number of hydrogen-bond donors (Lipinski definition) is 1. The fraction of sp³-hybridized carbons (Fsp3) is 0.105. The zero-order valence-electron chi connectivity index (χ0n) is 12.3. The normalized spacial score (nSPS) is 15.2. The van der Waals surface area contributed by atoms with Gasteiger partial charge in [-0.3, -0.25) is 4.79 Å². The topological polar surface area (TPSA) is 42.2 Å². The minimum atomic E-state index is -0.108. The highest BCUT2D eigenvalue weighted by atomic mass is 35.5. The number of halogens is 1. The molecule has 0 unspecified atom stereocenters. The Morgan fingerprint density at radius 3 is 2.83 bits per heavy atom. The molecule has 23 heavy (non-hydrogen) atoms. The van der Waals surface area contributed by atoms with Gasteiger partial charge >= 0.3 is 0 Å². The maximum Gasteiger partial charge on any atom is 0.256 e. The lowest BCUT2D eigenvalue weighted by molar-refractivity contribution is -0.110. The molecule has 0 saturated heterocycles. The Kier molecular flexibility index (Phi) is 3.43. The van der Waals surface area contributed by atoms with Crippen molar-refractivity contribution in [1.82, 2.24) is 0 Å². The summed E-state index contributed by atoms with van der Waals surface area (Å²) in [5, 5.41) is 3.91. The molecule has 0 bridgehead atoms. The number of carbonyl (C=O) groups is 1. The summed E-state index contributed by atoms with van der Waals surface area (Å²) >= 11 is 5.81. The molecule has 2 heterocycles. The second-order valence-corrected chi connectivity index (χ2v) is 5.90. The van der Waals surface area contributed by atoms with E-state index in [-0.39, 0.29) is 5.91 Å². The molecule has 0 spiro atoms. The van der Waals surface area contributed by atoms with E-state index in [1.807, 2.05) is 48.5 Å². The van der Waals surface area contributed by atoms with Crippen molar-refractivity contribution in [3.05, 3.63) is 65.4 Å². The molecule has 4 rings (SSSR count). The van der Waals surface area contributed by atoms with Gasteiger partial charge in [0.05, 0.1) is 5.57 Å². The molecule has 4 heteroatoms. The molecular formula is C19H14ClNO2. The summed E-state index contributed by atoms with van der Waals surface area (Å²) in [6, 6.07) is 15.7. The summed E-state index contributed by atoms with van der Waals surface area (Å²) in [6.07, 6.45) is 2.58. The summed E-state index contributed by atoms with van der Waals surface area (Å²) in [6.45, 7) is 0. The van der Waals surface area contributed by atoms with E-state index in [9.17, 15) is 4.79 Å². The predicted molar refractivity (Wildman–Crippen MR) is 93.6 cm³/mol. The van der Waals surface area contributed by atoms with Gasteiger partial charge in [-0.15, -0.1) is 11.6 Å². The van der Waals surface area contributed by atoms with Crippen LogP contribution in [0.1, 0.15) is 16.9 Å². The summed E-state index contributed by atoms with van der Waals surface area (Å²) in [7, 11) is 0. The summed E-state index contributed by atoms with van der Waals surface area (Å²) < 4.78 is 5.79. The number of amides is 1. The van der Waals surface area contributed by atoms with Crippen molar-refractivity contribution >= 4 is 45.8 Å². The van der Waals surface area contributed by atoms with Crippen molar-refractivity contribution in [2.24, 2.45) is 0 Å². The first-order valence-electron chi connectivity index (χ1n) is 7.45. The van der Waals surface area contributed by atoms with E-state index in [1.54, 1.807) is 6.08 Å². The van der Waals surface area contributed by atoms with Crippen LogP contribution in [0.5, 0.6) is 0 Å². The second kappa shape index (κ2) is 5.60. The van der Waals surface area contributed by atoms with Crippen molar-refractivity contribution < 1.29 is 9.21 Å². The lowest BCUT2D eigenvalue weighted by Gasteiger charge is -2.02. The highest BCUT2D eigenvalue weighted by Crippen LogP contribution is 2.34. The highest BCUT2D eigenvalue weighted by Gasteiger charge is 2.24. The minimum Gasteiger partial charge on any atom is -0.457 e. The molecule has 0 atom stereocenters. The van der Waals surface area contributed by atoms with Crippen LogP contribution in [0.2, 0.25) is 0 Å². The zero-order chi connectivity index (χ0) is 15.8. The van der Waals surface area contributed by atoms with Crippen LogP contribution in [0.15, 0.2) is 52.9 Å². The van der Waals surface area contributed by atoms with Gasteiger partial charge < -0.3 is 9.73 Å². The fourth-order valence-electron chi connectivity index (χ4n) is 2.86. The van der Waals surface area contributed by atoms with Gasteiger partial charge in [-0.2, -0.15) is 0 Å². The monoisotopic (exact) mass is 323 g/mol. The van der Waals surface area contributed by atoms with Gasteiger partial charge in [-0.25, -0.2) is 0 Å². The van der Waals surface area contributed by atoms with E-state index in [2.05, 4.69) is 5.32 Å². The summed E-state index contributed by atoms with van der Waals surface area (Å²) in [4.78, 5) is 12.3. The van der Waals surface area contributed by atoms with E-state index in [0.29, 0.717) is 17.2 Å². The standard InChI is InChI=1S/C19H14ClNO2/c20-8-7-12-5-6-17-15(9-12)16(19(22)21-17)11-14-10-13-3-1-2-4-18(13)23-14/h1-6,9-11H,7-8H2,(H,21,22). The Morgan fingerprint density at radius 1 is 1.13 bits per heavy atom. The minimum absolute atomic E-state index is 0.108. The third kappa shape index (κ3) is 2.53. The number of hydrogen-bond acceptors (Lipinski definition) is 2. The van der Waals surface area contributed by atoms with E-state index in [0.717, 1.165) is 34.2 Å². The molecule has 1 aliphatic heterocycles. The van der Waals surface area contributed by atoms with E-state index < -0.39 is 0 Å². The highest BCUT2D eigenvalue weighted by molar-refractivity contribution is 6.34. The Morgan fingerprint density at radius 2 is 2.00 bits per heavy atom. The van der Waals surface area contributed by atoms with Crippen LogP contribution in [0, 0.1) is 0 Å². The van der Waals surface area contributed by atoms with Crippen LogP contribution in [0.25, 0.3) is 22.6 Å². The molecule has 3 nitrogen and oxygen atoms in total. The van der Waals surface area contributed by atoms with E-state index >= 15 is 0 Å². The number of fused-ring (bicyclic) bond motifs is 2. The third-order valence-electron chi connectivity index (χ3n) is 3.98. The second-order valence-electron chi connectivity index (χ2n) is 5.52. The Balaban J connectivity index is 1.79. The van der Waals surface area contributed by atoms with Gasteiger partial charge in [0.15, 0.2) is 0 Å². The third-order valence-corrected chi connectivity index (χ3v) is 4.17. The van der Waals surface area contributed by atoms with Crippen molar-refractivity contribution in [2.75, 3.05) is 11.2 Å². The fourth-order valence-corrected chi connectivity index (χ4v) is 3.08. The molecule has 1 aliphatic rings. The van der Waals surface area contributed by atoms with Gasteiger partial charge in [0, 0.05) is 22.5 Å². The van der Waals surface area contributed by atoms with Gasteiger partial charge in [0.25, 0.3) is 5.91 Å². The molecular weight excluding hydrogens is 310 g/mol. The number of alkyl halides is 1. The van der Waals surface area contributed by atoms with Gasteiger partial charge in [0.2, 0.25) is 0 Å². The Bertz CT molecular complexity index is 906. The molecule has 1 aromatic heterocycles. The summed E-state index contributed by atoms with van der Waals surface area (Å²) in [5.74, 6) is 1.12. The Hall–Kier alpha value is -2.52. The molecule has 0 radical (unpaired) electrons. The van der Waals surface area contributed by atoms with E-state index in [1.165, 1.54) is 0 Å². The first kappa shape index (κ1) is 14.1. The molecule has 1 amide bonds. The molecule has 0 fully saturated rings. The summed E-state index contributed by atoms with van der Waals surface area (Å²) in [5.41, 5.74) is 4.28. The van der Waals surface area contributed by atoms with Crippen LogP contribution < -0.4 is 5.32 Å². The molecule has 1 N–H and O–H groups in total. The van der Waals surface area contributed by atoms with Crippen LogP contribution in [0.3, 0.4) is 0 Å². The number of para-hydroxylation sites is 1. The molecule has 0 saturated carbocycles. The van der Waals surface area contributed by atoms with Crippen molar-refractivity contribution in [3.63, 3.8) is 0 Å². The van der Waals surface area contributed by atoms with Crippen LogP contribution in [-0.2, 0) is 11.2 Å². The number of benzene rings is 2. The smallest absolute Gasteiger partial charge is 0.256 e. The molecule has 2 aromatic carbocycles. The molecule has 0 aliphatic carbocycles. The van der Waals surface area contributed by atoms with Gasteiger partial charge in [-0.1, -0.05) is 24.3 Å². The maximum absolute atomic E-state index is 12.3. The zero-order valence-corrected chi connectivity index (χ0v) is 13.1. The molecule has 114 valence electrons. The van der Waals surface area contributed by atoms with Gasteiger partial charge in [0.1, 0.15) is 11.3 Å². The number of rotatable bonds is 3. The number of aryl methyl sites for hydroxylation is 1. The number of furan rings is 1. The number of nitrogens with one attached hydrogen (secondary N) is 1. The molecule has 3 aromatic rings. The van der Waals surface area contributed by atoms with Crippen LogP contribution in [0.4, 0.5) is 5.69 Å². The SMILES string of the molecule is O=C1Nc2ccc(CCCl)cc2C1=Cc1cc2ccccc2o1. The first-order chi connectivity index (χ1) is 11.2. The van der Waals surface area contributed by atoms with Crippen LogP contribution >= 0.6 is 11.6 Å². The number of anilines is 1. The Labute approximate surface area is 138 Å². The van der Waals surface area contributed by atoms with Crippen molar-refractivity contribution in [2.45, 2.75) is 6.42 Å².